The minimum atomic E-state index is -1.11. The number of nitro groups is 1. The molecule has 0 aliphatic carbocycles. The van der Waals surface area contributed by atoms with Crippen molar-refractivity contribution in [1.82, 2.24) is 4.98 Å². The molecule has 0 saturated carbocycles. The van der Waals surface area contributed by atoms with Crippen LogP contribution < -0.4 is 5.32 Å². The molecule has 108 valence electrons. The fraction of sp³-hybridized carbons (Fsp3) is 0.154. The van der Waals surface area contributed by atoms with Crippen molar-refractivity contribution in [2.45, 2.75) is 12.8 Å². The first kappa shape index (κ1) is 14.4. The first-order chi connectivity index (χ1) is 9.99. The molecule has 2 aromatic rings. The molecule has 2 rings (SSSR count). The summed E-state index contributed by atoms with van der Waals surface area (Å²) >= 11 is 0. The topological polar surface area (TPSA) is 122 Å². The van der Waals surface area contributed by atoms with Gasteiger partial charge in [0.25, 0.3) is 5.69 Å². The monoisotopic (exact) mass is 289 g/mol. The van der Waals surface area contributed by atoms with Gasteiger partial charge in [-0.1, -0.05) is 0 Å². The Hall–Kier alpha value is -3.03. The summed E-state index contributed by atoms with van der Waals surface area (Å²) in [6, 6.07) is 5.93. The number of nitrogens with zero attached hydrogens (tertiary/aromatic N) is 2. The Morgan fingerprint density at radius 3 is 2.71 bits per heavy atom. The minimum absolute atomic E-state index is 0.0287. The van der Waals surface area contributed by atoms with Crippen molar-refractivity contribution in [1.29, 1.82) is 0 Å². The number of carboxylic acids is 1. The number of nitro benzene ring substituents is 1. The lowest BCUT2D eigenvalue weighted by Crippen LogP contribution is -2.14. The number of nitrogens with one attached hydrogen (secondary N) is 1. The Kier molecular flexibility index (Phi) is 4.07. The molecule has 1 amide bonds. The SMILES string of the molecule is O=C(O)CCC(=O)Nc1c([N+](=O)[O-])ccc2ncccc12. The first-order valence-corrected chi connectivity index (χ1v) is 6.03. The lowest BCUT2D eigenvalue weighted by atomic mass is 10.1. The summed E-state index contributed by atoms with van der Waals surface area (Å²) in [5.41, 5.74) is 0.261. The van der Waals surface area contributed by atoms with Crippen molar-refractivity contribution >= 4 is 34.2 Å². The Morgan fingerprint density at radius 1 is 1.29 bits per heavy atom. The van der Waals surface area contributed by atoms with E-state index in [0.717, 1.165) is 0 Å². The molecule has 2 N–H and O–H groups in total. The highest BCUT2D eigenvalue weighted by atomic mass is 16.6. The molecule has 0 aliphatic rings. The summed E-state index contributed by atoms with van der Waals surface area (Å²) in [4.78, 5) is 36.7. The van der Waals surface area contributed by atoms with Gasteiger partial charge in [0.1, 0.15) is 5.69 Å². The second-order valence-electron chi connectivity index (χ2n) is 4.23. The molecule has 8 heteroatoms. The molecule has 1 aromatic carbocycles. The summed E-state index contributed by atoms with van der Waals surface area (Å²) < 4.78 is 0. The van der Waals surface area contributed by atoms with Crippen LogP contribution in [-0.4, -0.2) is 26.9 Å². The van der Waals surface area contributed by atoms with E-state index in [0.29, 0.717) is 10.9 Å². The predicted octanol–water partition coefficient (Wildman–Crippen LogP) is 1.95. The van der Waals surface area contributed by atoms with E-state index in [9.17, 15) is 19.7 Å². The second-order valence-corrected chi connectivity index (χ2v) is 4.23. The molecule has 0 bridgehead atoms. The van der Waals surface area contributed by atoms with Crippen LogP contribution in [0.3, 0.4) is 0 Å². The maximum atomic E-state index is 11.7. The molecule has 0 aliphatic heterocycles. The third-order valence-corrected chi connectivity index (χ3v) is 2.79. The zero-order chi connectivity index (χ0) is 15.4. The molecule has 0 unspecified atom stereocenters. The van der Waals surface area contributed by atoms with Crippen LogP contribution in [0.2, 0.25) is 0 Å². The van der Waals surface area contributed by atoms with E-state index < -0.39 is 16.8 Å². The van der Waals surface area contributed by atoms with Crippen molar-refractivity contribution in [3.63, 3.8) is 0 Å². The molecular formula is C13H11N3O5. The van der Waals surface area contributed by atoms with Crippen LogP contribution in [0.4, 0.5) is 11.4 Å². The molecule has 8 nitrogen and oxygen atoms in total. The van der Waals surface area contributed by atoms with Crippen molar-refractivity contribution < 1.29 is 19.6 Å². The van der Waals surface area contributed by atoms with Crippen LogP contribution in [0, 0.1) is 10.1 Å². The van der Waals surface area contributed by atoms with Gasteiger partial charge < -0.3 is 10.4 Å². The fourth-order valence-corrected chi connectivity index (χ4v) is 1.85. The first-order valence-electron chi connectivity index (χ1n) is 6.03. The van der Waals surface area contributed by atoms with Gasteiger partial charge in [0.2, 0.25) is 5.91 Å². The van der Waals surface area contributed by atoms with Gasteiger partial charge in [-0.15, -0.1) is 0 Å². The number of carboxylic acid groups (broad SMARTS) is 1. The number of pyridine rings is 1. The highest BCUT2D eigenvalue weighted by molar-refractivity contribution is 6.05. The van der Waals surface area contributed by atoms with Crippen LogP contribution >= 0.6 is 0 Å². The molecule has 0 saturated heterocycles. The van der Waals surface area contributed by atoms with Gasteiger partial charge in [0.15, 0.2) is 0 Å². The number of rotatable bonds is 5. The van der Waals surface area contributed by atoms with Gasteiger partial charge in [0, 0.05) is 24.1 Å². The standard InChI is InChI=1S/C13H11N3O5/c17-11(5-6-12(18)19)15-13-8-2-1-7-14-9(8)3-4-10(13)16(20)21/h1-4,7H,5-6H2,(H,15,17)(H,18,19). The Labute approximate surface area is 118 Å². The van der Waals surface area contributed by atoms with Crippen LogP contribution in [0.25, 0.3) is 10.9 Å². The predicted molar refractivity (Wildman–Crippen MR) is 73.9 cm³/mol. The van der Waals surface area contributed by atoms with E-state index in [-0.39, 0.29) is 24.2 Å². The number of carbonyl (C=O) groups is 2. The third-order valence-electron chi connectivity index (χ3n) is 2.79. The van der Waals surface area contributed by atoms with Crippen molar-refractivity contribution in [2.75, 3.05) is 5.32 Å². The number of aliphatic carboxylic acids is 1. The molecule has 0 spiro atoms. The van der Waals surface area contributed by atoms with Gasteiger partial charge in [-0.2, -0.15) is 0 Å². The average molecular weight is 289 g/mol. The van der Waals surface area contributed by atoms with Crippen molar-refractivity contribution in [3.05, 3.63) is 40.6 Å². The van der Waals surface area contributed by atoms with Gasteiger partial charge in [0.05, 0.1) is 16.9 Å². The number of hydrogen-bond acceptors (Lipinski definition) is 5. The molecule has 1 aromatic heterocycles. The number of aromatic nitrogens is 1. The normalized spacial score (nSPS) is 10.3. The number of carbonyl (C=O) groups excluding carboxylic acids is 1. The van der Waals surface area contributed by atoms with Crippen molar-refractivity contribution in [3.8, 4) is 0 Å². The summed E-state index contributed by atoms with van der Waals surface area (Å²) in [6.07, 6.45) is 0.927. The van der Waals surface area contributed by atoms with Gasteiger partial charge in [-0.3, -0.25) is 24.7 Å². The molecule has 0 atom stereocenters. The Morgan fingerprint density at radius 2 is 2.05 bits per heavy atom. The highest BCUT2D eigenvalue weighted by Gasteiger charge is 2.19. The number of benzene rings is 1. The summed E-state index contributed by atoms with van der Waals surface area (Å²) in [6.45, 7) is 0. The van der Waals surface area contributed by atoms with Crippen LogP contribution in [-0.2, 0) is 9.59 Å². The van der Waals surface area contributed by atoms with Crippen LogP contribution in [0.1, 0.15) is 12.8 Å². The summed E-state index contributed by atoms with van der Waals surface area (Å²) in [5.74, 6) is -1.71. The number of fused-ring (bicyclic) bond motifs is 1. The molecule has 0 fully saturated rings. The largest absolute Gasteiger partial charge is 0.481 e. The smallest absolute Gasteiger partial charge is 0.303 e. The van der Waals surface area contributed by atoms with E-state index in [1.54, 1.807) is 12.1 Å². The fourth-order valence-electron chi connectivity index (χ4n) is 1.85. The van der Waals surface area contributed by atoms with E-state index in [1.165, 1.54) is 18.3 Å². The number of anilines is 1. The second kappa shape index (κ2) is 5.95. The van der Waals surface area contributed by atoms with Crippen LogP contribution in [0.5, 0.6) is 0 Å². The maximum absolute atomic E-state index is 11.7. The molecule has 21 heavy (non-hydrogen) atoms. The lowest BCUT2D eigenvalue weighted by molar-refractivity contribution is -0.383. The molecule has 0 radical (unpaired) electrons. The minimum Gasteiger partial charge on any atom is -0.481 e. The number of amides is 1. The molecule has 1 heterocycles. The lowest BCUT2D eigenvalue weighted by Gasteiger charge is -2.08. The zero-order valence-corrected chi connectivity index (χ0v) is 10.8. The number of hydrogen-bond donors (Lipinski definition) is 2. The summed E-state index contributed by atoms with van der Waals surface area (Å²) in [5, 5.41) is 22.4. The van der Waals surface area contributed by atoms with E-state index in [1.807, 2.05) is 0 Å². The van der Waals surface area contributed by atoms with E-state index in [4.69, 9.17) is 5.11 Å². The quantitative estimate of drug-likeness (QED) is 0.640. The Balaban J connectivity index is 2.40. The van der Waals surface area contributed by atoms with E-state index >= 15 is 0 Å². The highest BCUT2D eigenvalue weighted by Crippen LogP contribution is 2.32. The van der Waals surface area contributed by atoms with Gasteiger partial charge in [-0.25, -0.2) is 0 Å². The third kappa shape index (κ3) is 3.30. The molecular weight excluding hydrogens is 278 g/mol. The van der Waals surface area contributed by atoms with Crippen LogP contribution in [0.15, 0.2) is 30.5 Å². The maximum Gasteiger partial charge on any atom is 0.303 e. The van der Waals surface area contributed by atoms with E-state index in [2.05, 4.69) is 10.3 Å². The Bertz CT molecular complexity index is 729. The zero-order valence-electron chi connectivity index (χ0n) is 10.8. The van der Waals surface area contributed by atoms with Gasteiger partial charge in [-0.05, 0) is 18.2 Å². The van der Waals surface area contributed by atoms with Crippen molar-refractivity contribution in [2.24, 2.45) is 0 Å². The summed E-state index contributed by atoms with van der Waals surface area (Å²) in [7, 11) is 0. The average Bonchev–Trinajstić information content (AvgIpc) is 2.45. The van der Waals surface area contributed by atoms with Gasteiger partial charge >= 0.3 is 5.97 Å².